The SMILES string of the molecule is CCOC(=O)C(C)O.CCOC(=O)[O-]. The normalized spacial score (nSPS) is 10.6. The number of rotatable bonds is 3. The Kier molecular flexibility index (Phi) is 10.6. The van der Waals surface area contributed by atoms with Crippen LogP contribution in [-0.4, -0.2) is 36.5 Å². The van der Waals surface area contributed by atoms with E-state index in [0.717, 1.165) is 0 Å². The highest BCUT2D eigenvalue weighted by molar-refractivity contribution is 5.73. The maximum atomic E-state index is 10.3. The van der Waals surface area contributed by atoms with E-state index in [0.29, 0.717) is 6.61 Å². The van der Waals surface area contributed by atoms with E-state index in [1.54, 1.807) is 13.8 Å². The lowest BCUT2D eigenvalue weighted by molar-refractivity contribution is -0.282. The summed E-state index contributed by atoms with van der Waals surface area (Å²) in [5, 5.41) is 17.7. The van der Waals surface area contributed by atoms with Crippen LogP contribution in [0.5, 0.6) is 0 Å². The molecule has 1 unspecified atom stereocenters. The largest absolute Gasteiger partial charge is 0.550 e. The summed E-state index contributed by atoms with van der Waals surface area (Å²) in [5.41, 5.74) is 0. The maximum absolute atomic E-state index is 10.3. The second-order valence-corrected chi connectivity index (χ2v) is 2.11. The summed E-state index contributed by atoms with van der Waals surface area (Å²) in [6.07, 6.45) is -2.45. The van der Waals surface area contributed by atoms with E-state index in [2.05, 4.69) is 9.47 Å². The van der Waals surface area contributed by atoms with Gasteiger partial charge in [0, 0.05) is 6.61 Å². The van der Waals surface area contributed by atoms with Gasteiger partial charge in [-0.1, -0.05) is 0 Å². The van der Waals surface area contributed by atoms with E-state index in [-0.39, 0.29) is 6.61 Å². The molecule has 0 saturated heterocycles. The fraction of sp³-hybridized carbons (Fsp3) is 0.750. The lowest BCUT2D eigenvalue weighted by Crippen LogP contribution is -2.23. The van der Waals surface area contributed by atoms with Gasteiger partial charge in [-0.2, -0.15) is 0 Å². The summed E-state index contributed by atoms with van der Waals surface area (Å²) < 4.78 is 8.26. The van der Waals surface area contributed by atoms with E-state index >= 15 is 0 Å². The van der Waals surface area contributed by atoms with Crippen LogP contribution in [0.25, 0.3) is 0 Å². The second-order valence-electron chi connectivity index (χ2n) is 2.11. The highest BCUT2D eigenvalue weighted by Crippen LogP contribution is 1.84. The quantitative estimate of drug-likeness (QED) is 0.614. The zero-order valence-electron chi connectivity index (χ0n) is 8.48. The molecule has 0 aromatic heterocycles. The van der Waals surface area contributed by atoms with E-state index in [4.69, 9.17) is 5.11 Å². The molecule has 6 heteroatoms. The van der Waals surface area contributed by atoms with Crippen molar-refractivity contribution in [1.82, 2.24) is 0 Å². The standard InChI is InChI=1S/C5H10O3.C3H6O3/c1-3-8-5(7)4(2)6;1-2-6-3(4)5/h4,6H,3H2,1-2H3;2H2,1H3,(H,4,5)/p-1. The molecule has 0 aliphatic carbocycles. The first-order chi connectivity index (χ1) is 6.45. The van der Waals surface area contributed by atoms with Crippen molar-refractivity contribution in [3.63, 3.8) is 0 Å². The molecule has 0 spiro atoms. The van der Waals surface area contributed by atoms with Gasteiger partial charge < -0.3 is 24.5 Å². The number of esters is 1. The third-order valence-corrected chi connectivity index (χ3v) is 0.890. The Morgan fingerprint density at radius 1 is 1.29 bits per heavy atom. The van der Waals surface area contributed by atoms with Gasteiger partial charge in [0.1, 0.15) is 6.10 Å². The molecular formula is C8H15O6-. The molecule has 6 nitrogen and oxygen atoms in total. The second kappa shape index (κ2) is 9.79. The van der Waals surface area contributed by atoms with Crippen LogP contribution in [0, 0.1) is 0 Å². The predicted octanol–water partition coefficient (Wildman–Crippen LogP) is -0.703. The topological polar surface area (TPSA) is 95.9 Å². The number of ether oxygens (including phenoxy) is 2. The van der Waals surface area contributed by atoms with Crippen LogP contribution in [0.15, 0.2) is 0 Å². The van der Waals surface area contributed by atoms with Crippen LogP contribution in [0.3, 0.4) is 0 Å². The average Bonchev–Trinajstić information content (AvgIpc) is 2.05. The summed E-state index contributed by atoms with van der Waals surface area (Å²) >= 11 is 0. The van der Waals surface area contributed by atoms with Crippen LogP contribution in [0.1, 0.15) is 20.8 Å². The van der Waals surface area contributed by atoms with Gasteiger partial charge in [-0.25, -0.2) is 4.79 Å². The molecule has 0 aromatic rings. The molecule has 0 aromatic carbocycles. The van der Waals surface area contributed by atoms with E-state index in [9.17, 15) is 14.7 Å². The van der Waals surface area contributed by atoms with Gasteiger partial charge in [-0.15, -0.1) is 0 Å². The Balaban J connectivity index is 0. The minimum atomic E-state index is -1.46. The first-order valence-electron chi connectivity index (χ1n) is 4.14. The molecule has 0 aliphatic rings. The molecule has 1 atom stereocenters. The molecule has 1 N–H and O–H groups in total. The molecule has 0 amide bonds. The molecule has 0 heterocycles. The van der Waals surface area contributed by atoms with E-state index in [1.165, 1.54) is 6.92 Å². The van der Waals surface area contributed by atoms with Crippen LogP contribution in [0.4, 0.5) is 4.79 Å². The van der Waals surface area contributed by atoms with Crippen LogP contribution >= 0.6 is 0 Å². The van der Waals surface area contributed by atoms with Gasteiger partial charge >= 0.3 is 5.97 Å². The highest BCUT2D eigenvalue weighted by Gasteiger charge is 2.07. The van der Waals surface area contributed by atoms with Crippen LogP contribution in [0.2, 0.25) is 0 Å². The maximum Gasteiger partial charge on any atom is 0.334 e. The molecule has 0 rings (SSSR count). The van der Waals surface area contributed by atoms with E-state index < -0.39 is 18.2 Å². The van der Waals surface area contributed by atoms with Crippen molar-refractivity contribution in [2.75, 3.05) is 13.2 Å². The summed E-state index contributed by atoms with van der Waals surface area (Å²) in [4.78, 5) is 19.5. The van der Waals surface area contributed by atoms with Crippen molar-refractivity contribution < 1.29 is 29.3 Å². The molecule has 0 aliphatic heterocycles. The average molecular weight is 207 g/mol. The lowest BCUT2D eigenvalue weighted by atomic mass is 10.4. The van der Waals surface area contributed by atoms with Gasteiger partial charge in [-0.05, 0) is 20.8 Å². The Morgan fingerprint density at radius 2 is 1.71 bits per heavy atom. The Bertz CT molecular complexity index is 165. The van der Waals surface area contributed by atoms with Crippen molar-refractivity contribution in [2.24, 2.45) is 0 Å². The summed E-state index contributed by atoms with van der Waals surface area (Å²) in [6.45, 7) is 5.14. The van der Waals surface area contributed by atoms with Crippen LogP contribution < -0.4 is 5.11 Å². The molecule has 0 bridgehead atoms. The van der Waals surface area contributed by atoms with Gasteiger partial charge in [0.15, 0.2) is 0 Å². The minimum Gasteiger partial charge on any atom is -0.550 e. The van der Waals surface area contributed by atoms with Crippen molar-refractivity contribution >= 4 is 12.1 Å². The highest BCUT2D eigenvalue weighted by atomic mass is 16.7. The summed E-state index contributed by atoms with van der Waals surface area (Å²) in [5.74, 6) is -0.562. The lowest BCUT2D eigenvalue weighted by Gasteiger charge is -2.01. The number of hydrogen-bond acceptors (Lipinski definition) is 6. The van der Waals surface area contributed by atoms with Crippen LogP contribution in [-0.2, 0) is 14.3 Å². The fourth-order valence-electron chi connectivity index (χ4n) is 0.381. The van der Waals surface area contributed by atoms with Crippen molar-refractivity contribution in [2.45, 2.75) is 26.9 Å². The Hall–Kier alpha value is -1.30. The number of aliphatic hydroxyl groups excluding tert-OH is 1. The van der Waals surface area contributed by atoms with Gasteiger partial charge in [0.2, 0.25) is 0 Å². The third-order valence-electron chi connectivity index (χ3n) is 0.890. The summed E-state index contributed by atoms with van der Waals surface area (Å²) in [6, 6.07) is 0. The smallest absolute Gasteiger partial charge is 0.334 e. The number of aliphatic hydroxyl groups is 1. The van der Waals surface area contributed by atoms with Crippen molar-refractivity contribution in [3.05, 3.63) is 0 Å². The monoisotopic (exact) mass is 207 g/mol. The zero-order valence-corrected chi connectivity index (χ0v) is 8.48. The molecule has 84 valence electrons. The molecular weight excluding hydrogens is 192 g/mol. The molecule has 14 heavy (non-hydrogen) atoms. The first-order valence-corrected chi connectivity index (χ1v) is 4.14. The molecule has 0 radical (unpaired) electrons. The molecule has 0 fully saturated rings. The number of carbonyl (C=O) groups is 2. The first kappa shape index (κ1) is 15.2. The van der Waals surface area contributed by atoms with Gasteiger partial charge in [0.25, 0.3) is 6.16 Å². The number of carbonyl (C=O) groups excluding carboxylic acids is 2. The van der Waals surface area contributed by atoms with E-state index in [1.807, 2.05) is 0 Å². The molecule has 0 saturated carbocycles. The van der Waals surface area contributed by atoms with Gasteiger partial charge in [0.05, 0.1) is 6.61 Å². The zero-order chi connectivity index (χ0) is 11.6. The Morgan fingerprint density at radius 3 is 1.79 bits per heavy atom. The number of carboxylic acid groups (broad SMARTS) is 1. The van der Waals surface area contributed by atoms with Crippen molar-refractivity contribution in [1.29, 1.82) is 0 Å². The number of hydrogen-bond donors (Lipinski definition) is 1. The minimum absolute atomic E-state index is 0.169. The van der Waals surface area contributed by atoms with Crippen molar-refractivity contribution in [3.8, 4) is 0 Å². The Labute approximate surface area is 82.4 Å². The fourth-order valence-corrected chi connectivity index (χ4v) is 0.381. The summed E-state index contributed by atoms with van der Waals surface area (Å²) in [7, 11) is 0. The van der Waals surface area contributed by atoms with Gasteiger partial charge in [-0.3, -0.25) is 0 Å². The third kappa shape index (κ3) is 13.3. The predicted molar refractivity (Wildman–Crippen MR) is 45.3 cm³/mol.